The lowest BCUT2D eigenvalue weighted by Crippen LogP contribution is -2.37. The van der Waals surface area contributed by atoms with E-state index in [9.17, 15) is 9.59 Å². The fraction of sp³-hybridized carbons (Fsp3) is 0.364. The molecule has 1 fully saturated rings. The number of carbonyl (C=O) groups excluding carboxylic acids is 1. The predicted octanol–water partition coefficient (Wildman–Crippen LogP) is 4.54. The highest BCUT2D eigenvalue weighted by molar-refractivity contribution is 5.87. The Kier molecular flexibility index (Phi) is 5.71. The third-order valence-electron chi connectivity index (χ3n) is 5.35. The summed E-state index contributed by atoms with van der Waals surface area (Å²) in [6.45, 7) is 2.01. The number of rotatable bonds is 5. The summed E-state index contributed by atoms with van der Waals surface area (Å²) in [4.78, 5) is 24.0. The monoisotopic (exact) mass is 351 g/mol. The van der Waals surface area contributed by atoms with Crippen LogP contribution in [0.3, 0.4) is 0 Å². The molecule has 2 N–H and O–H groups in total. The summed E-state index contributed by atoms with van der Waals surface area (Å²) in [5.41, 5.74) is 2.43. The number of carboxylic acid groups (broad SMARTS) is 1. The molecule has 2 aromatic rings. The molecule has 1 aliphatic carbocycles. The lowest BCUT2D eigenvalue weighted by atomic mass is 9.75. The molecule has 0 saturated heterocycles. The van der Waals surface area contributed by atoms with E-state index in [1.54, 1.807) is 12.1 Å². The van der Waals surface area contributed by atoms with Gasteiger partial charge in [-0.1, -0.05) is 55.3 Å². The van der Waals surface area contributed by atoms with Gasteiger partial charge in [0.1, 0.15) is 0 Å². The van der Waals surface area contributed by atoms with E-state index in [4.69, 9.17) is 5.11 Å². The average molecular weight is 351 g/mol. The first-order valence-electron chi connectivity index (χ1n) is 9.25. The molecule has 4 heteroatoms. The number of carbonyl (C=O) groups is 2. The lowest BCUT2D eigenvalue weighted by Gasteiger charge is -2.32. The molecule has 0 bridgehead atoms. The molecule has 1 amide bonds. The zero-order valence-corrected chi connectivity index (χ0v) is 15.0. The molecule has 0 spiro atoms. The minimum absolute atomic E-state index is 0.0272. The first-order chi connectivity index (χ1) is 12.6. The molecule has 3 atom stereocenters. The Morgan fingerprint density at radius 1 is 1.00 bits per heavy atom. The predicted molar refractivity (Wildman–Crippen MR) is 101 cm³/mol. The van der Waals surface area contributed by atoms with Crippen LogP contribution in [0.4, 0.5) is 0 Å². The van der Waals surface area contributed by atoms with Crippen LogP contribution in [0.5, 0.6) is 0 Å². The Bertz CT molecular complexity index is 755. The Morgan fingerprint density at radius 3 is 2.31 bits per heavy atom. The molecule has 3 rings (SSSR count). The second-order valence-electron chi connectivity index (χ2n) is 7.07. The van der Waals surface area contributed by atoms with Gasteiger partial charge in [-0.25, -0.2) is 4.79 Å². The molecule has 1 aliphatic rings. The summed E-state index contributed by atoms with van der Waals surface area (Å²) in [6.07, 6.45) is 3.99. The zero-order chi connectivity index (χ0) is 18.5. The van der Waals surface area contributed by atoms with Gasteiger partial charge in [-0.2, -0.15) is 0 Å². The van der Waals surface area contributed by atoms with Gasteiger partial charge >= 0.3 is 5.97 Å². The number of carboxylic acids is 1. The van der Waals surface area contributed by atoms with Crippen molar-refractivity contribution >= 4 is 11.9 Å². The van der Waals surface area contributed by atoms with E-state index in [2.05, 4.69) is 5.32 Å². The largest absolute Gasteiger partial charge is 0.478 e. The van der Waals surface area contributed by atoms with Crippen LogP contribution >= 0.6 is 0 Å². The van der Waals surface area contributed by atoms with Gasteiger partial charge in [0, 0.05) is 5.92 Å². The van der Waals surface area contributed by atoms with Gasteiger partial charge in [-0.15, -0.1) is 0 Å². The Hall–Kier alpha value is -2.62. The highest BCUT2D eigenvalue weighted by Crippen LogP contribution is 2.38. The third kappa shape index (κ3) is 4.13. The van der Waals surface area contributed by atoms with Crippen molar-refractivity contribution in [2.45, 2.75) is 44.6 Å². The highest BCUT2D eigenvalue weighted by Gasteiger charge is 2.32. The normalized spacial score (nSPS) is 21.0. The fourth-order valence-electron chi connectivity index (χ4n) is 3.86. The smallest absolute Gasteiger partial charge is 0.335 e. The summed E-state index contributed by atoms with van der Waals surface area (Å²) in [7, 11) is 0. The van der Waals surface area contributed by atoms with Crippen LogP contribution in [-0.2, 0) is 4.79 Å². The zero-order valence-electron chi connectivity index (χ0n) is 15.0. The van der Waals surface area contributed by atoms with Gasteiger partial charge in [-0.05, 0) is 48.9 Å². The molecule has 4 nitrogen and oxygen atoms in total. The molecule has 0 heterocycles. The molecule has 26 heavy (non-hydrogen) atoms. The number of benzene rings is 2. The van der Waals surface area contributed by atoms with Crippen molar-refractivity contribution in [1.29, 1.82) is 0 Å². The van der Waals surface area contributed by atoms with E-state index in [0.29, 0.717) is 0 Å². The average Bonchev–Trinajstić information content (AvgIpc) is 2.68. The van der Waals surface area contributed by atoms with Crippen molar-refractivity contribution in [3.05, 3.63) is 71.3 Å². The van der Waals surface area contributed by atoms with Crippen LogP contribution in [0.2, 0.25) is 0 Å². The number of aromatic carboxylic acids is 1. The second-order valence-corrected chi connectivity index (χ2v) is 7.07. The quantitative estimate of drug-likeness (QED) is 0.831. The van der Waals surface area contributed by atoms with Crippen LogP contribution in [0.15, 0.2) is 54.6 Å². The maximum atomic E-state index is 12.9. The van der Waals surface area contributed by atoms with Crippen LogP contribution in [0.25, 0.3) is 0 Å². The van der Waals surface area contributed by atoms with Crippen molar-refractivity contribution in [2.75, 3.05) is 0 Å². The summed E-state index contributed by atoms with van der Waals surface area (Å²) in [5.74, 6) is -0.750. The van der Waals surface area contributed by atoms with Crippen molar-refractivity contribution in [3.63, 3.8) is 0 Å². The topological polar surface area (TPSA) is 66.4 Å². The standard InChI is InChI=1S/C22H25NO3/c1-15(16-7-3-2-4-8-16)23-21(24)20-10-6-5-9-19(20)17-11-13-18(14-12-17)22(25)26/h2-4,7-8,11-15,19-20H,5-6,9-10H2,1H3,(H,23,24)(H,25,26)/t15-,19-,20-/m0/s1. The molecule has 2 aromatic carbocycles. The summed E-state index contributed by atoms with van der Waals surface area (Å²) < 4.78 is 0. The number of amides is 1. The van der Waals surface area contributed by atoms with Gasteiger partial charge in [0.2, 0.25) is 5.91 Å². The Morgan fingerprint density at radius 2 is 1.65 bits per heavy atom. The van der Waals surface area contributed by atoms with Crippen molar-refractivity contribution in [3.8, 4) is 0 Å². The SMILES string of the molecule is C[C@H](NC(=O)[C@H]1CCCC[C@H]1c1ccc(C(=O)O)cc1)c1ccccc1. The molecule has 136 valence electrons. The van der Waals surface area contributed by atoms with E-state index >= 15 is 0 Å². The molecule has 0 aromatic heterocycles. The minimum atomic E-state index is -0.925. The molecule has 1 saturated carbocycles. The van der Waals surface area contributed by atoms with E-state index in [1.165, 1.54) is 0 Å². The summed E-state index contributed by atoms with van der Waals surface area (Å²) >= 11 is 0. The molecule has 0 radical (unpaired) electrons. The maximum Gasteiger partial charge on any atom is 0.335 e. The number of hydrogen-bond donors (Lipinski definition) is 2. The highest BCUT2D eigenvalue weighted by atomic mass is 16.4. The van der Waals surface area contributed by atoms with E-state index in [1.807, 2.05) is 49.4 Å². The van der Waals surface area contributed by atoms with Gasteiger partial charge in [-0.3, -0.25) is 4.79 Å². The van der Waals surface area contributed by atoms with Gasteiger partial charge in [0.05, 0.1) is 11.6 Å². The van der Waals surface area contributed by atoms with Gasteiger partial charge < -0.3 is 10.4 Å². The van der Waals surface area contributed by atoms with Crippen LogP contribution < -0.4 is 5.32 Å². The van der Waals surface area contributed by atoms with Crippen LogP contribution in [-0.4, -0.2) is 17.0 Å². The second kappa shape index (κ2) is 8.17. The Balaban J connectivity index is 1.73. The van der Waals surface area contributed by atoms with E-state index in [-0.39, 0.29) is 29.3 Å². The molecular formula is C22H25NO3. The van der Waals surface area contributed by atoms with E-state index in [0.717, 1.165) is 36.8 Å². The first-order valence-corrected chi connectivity index (χ1v) is 9.25. The fourth-order valence-corrected chi connectivity index (χ4v) is 3.86. The third-order valence-corrected chi connectivity index (χ3v) is 5.35. The maximum absolute atomic E-state index is 12.9. The van der Waals surface area contributed by atoms with Crippen LogP contribution in [0.1, 0.15) is 66.1 Å². The molecular weight excluding hydrogens is 326 g/mol. The van der Waals surface area contributed by atoms with Gasteiger partial charge in [0.25, 0.3) is 0 Å². The van der Waals surface area contributed by atoms with E-state index < -0.39 is 5.97 Å². The Labute approximate surface area is 154 Å². The first kappa shape index (κ1) is 18.2. The van der Waals surface area contributed by atoms with Crippen molar-refractivity contribution < 1.29 is 14.7 Å². The van der Waals surface area contributed by atoms with Crippen molar-refractivity contribution in [2.24, 2.45) is 5.92 Å². The molecule has 0 aliphatic heterocycles. The lowest BCUT2D eigenvalue weighted by molar-refractivity contribution is -0.127. The van der Waals surface area contributed by atoms with Crippen molar-refractivity contribution in [1.82, 2.24) is 5.32 Å². The minimum Gasteiger partial charge on any atom is -0.478 e. The number of hydrogen-bond acceptors (Lipinski definition) is 2. The summed E-state index contributed by atoms with van der Waals surface area (Å²) in [5, 5.41) is 12.2. The number of nitrogens with one attached hydrogen (secondary N) is 1. The summed E-state index contributed by atoms with van der Waals surface area (Å²) in [6, 6.07) is 16.9. The molecule has 0 unspecified atom stereocenters. The van der Waals surface area contributed by atoms with Crippen LogP contribution in [0, 0.1) is 5.92 Å². The van der Waals surface area contributed by atoms with Gasteiger partial charge in [0.15, 0.2) is 0 Å².